The molecule has 0 fully saturated rings. The zero-order chi connectivity index (χ0) is 15.9. The molecular formula is C19H18N2O2. The molecule has 4 heteroatoms. The Hall–Kier alpha value is -2.88. The Balaban J connectivity index is 1.49. The third kappa shape index (κ3) is 4.30. The summed E-state index contributed by atoms with van der Waals surface area (Å²) in [4.78, 5) is 16.3. The molecule has 2 aromatic carbocycles. The van der Waals surface area contributed by atoms with Gasteiger partial charge in [0.1, 0.15) is 6.26 Å². The molecule has 0 aliphatic rings. The van der Waals surface area contributed by atoms with E-state index in [9.17, 15) is 4.79 Å². The molecule has 3 aromatic rings. The van der Waals surface area contributed by atoms with Crippen molar-refractivity contribution in [2.75, 3.05) is 6.54 Å². The van der Waals surface area contributed by atoms with Crippen molar-refractivity contribution in [3.05, 3.63) is 78.2 Å². The molecule has 0 saturated heterocycles. The molecule has 0 aliphatic heterocycles. The van der Waals surface area contributed by atoms with Gasteiger partial charge in [-0.1, -0.05) is 48.5 Å². The van der Waals surface area contributed by atoms with Crippen LogP contribution in [0.25, 0.3) is 11.5 Å². The molecule has 0 aliphatic carbocycles. The summed E-state index contributed by atoms with van der Waals surface area (Å²) in [5.74, 6) is 0.492. The molecule has 0 bridgehead atoms. The number of benzene rings is 2. The van der Waals surface area contributed by atoms with Gasteiger partial charge in [-0.25, -0.2) is 4.98 Å². The number of carbonyl (C=O) groups excluding carboxylic acids is 1. The first-order valence-electron chi connectivity index (χ1n) is 7.62. The third-order valence-electron chi connectivity index (χ3n) is 3.49. The van der Waals surface area contributed by atoms with Gasteiger partial charge in [-0.2, -0.15) is 0 Å². The van der Waals surface area contributed by atoms with Crippen molar-refractivity contribution in [3.8, 4) is 11.5 Å². The van der Waals surface area contributed by atoms with Gasteiger partial charge in [0.25, 0.3) is 0 Å². The van der Waals surface area contributed by atoms with E-state index in [1.54, 1.807) is 6.26 Å². The molecule has 4 nitrogen and oxygen atoms in total. The Labute approximate surface area is 135 Å². The normalized spacial score (nSPS) is 10.4. The summed E-state index contributed by atoms with van der Waals surface area (Å²) in [7, 11) is 0. The number of carbonyl (C=O) groups is 1. The second kappa shape index (κ2) is 7.40. The maximum absolute atomic E-state index is 12.0. The van der Waals surface area contributed by atoms with Crippen LogP contribution >= 0.6 is 0 Å². The minimum absolute atomic E-state index is 0.0474. The van der Waals surface area contributed by atoms with Crippen LogP contribution < -0.4 is 5.32 Å². The lowest BCUT2D eigenvalue weighted by atomic mass is 10.1. The second-order valence-electron chi connectivity index (χ2n) is 5.27. The highest BCUT2D eigenvalue weighted by Gasteiger charge is 2.10. The van der Waals surface area contributed by atoms with Gasteiger partial charge in [0, 0.05) is 12.1 Å². The Morgan fingerprint density at radius 2 is 1.70 bits per heavy atom. The SMILES string of the molecule is O=C(Cc1coc(-c2ccccc2)n1)NCCc1ccccc1. The number of nitrogens with zero attached hydrogens (tertiary/aromatic N) is 1. The van der Waals surface area contributed by atoms with E-state index in [1.165, 1.54) is 5.56 Å². The topological polar surface area (TPSA) is 55.1 Å². The quantitative estimate of drug-likeness (QED) is 0.760. The molecule has 0 spiro atoms. The number of amides is 1. The fraction of sp³-hybridized carbons (Fsp3) is 0.158. The van der Waals surface area contributed by atoms with Gasteiger partial charge < -0.3 is 9.73 Å². The average molecular weight is 306 g/mol. The molecule has 1 heterocycles. The van der Waals surface area contributed by atoms with E-state index in [0.717, 1.165) is 12.0 Å². The fourth-order valence-corrected chi connectivity index (χ4v) is 2.32. The first kappa shape index (κ1) is 15.0. The van der Waals surface area contributed by atoms with Crippen LogP contribution in [0.1, 0.15) is 11.3 Å². The Bertz CT molecular complexity index is 751. The highest BCUT2D eigenvalue weighted by Crippen LogP contribution is 2.17. The van der Waals surface area contributed by atoms with E-state index in [2.05, 4.69) is 22.4 Å². The number of hydrogen-bond acceptors (Lipinski definition) is 3. The van der Waals surface area contributed by atoms with Crippen molar-refractivity contribution < 1.29 is 9.21 Å². The zero-order valence-electron chi connectivity index (χ0n) is 12.7. The Kier molecular flexibility index (Phi) is 4.84. The summed E-state index contributed by atoms with van der Waals surface area (Å²) in [6, 6.07) is 19.7. The number of oxazole rings is 1. The lowest BCUT2D eigenvalue weighted by Gasteiger charge is -2.03. The summed E-state index contributed by atoms with van der Waals surface area (Å²) in [5.41, 5.74) is 2.75. The summed E-state index contributed by atoms with van der Waals surface area (Å²) >= 11 is 0. The monoisotopic (exact) mass is 306 g/mol. The fourth-order valence-electron chi connectivity index (χ4n) is 2.32. The lowest BCUT2D eigenvalue weighted by molar-refractivity contribution is -0.120. The maximum atomic E-state index is 12.0. The lowest BCUT2D eigenvalue weighted by Crippen LogP contribution is -2.27. The summed E-state index contributed by atoms with van der Waals surface area (Å²) in [6.45, 7) is 0.617. The highest BCUT2D eigenvalue weighted by molar-refractivity contribution is 5.78. The van der Waals surface area contributed by atoms with Crippen molar-refractivity contribution in [3.63, 3.8) is 0 Å². The van der Waals surface area contributed by atoms with Crippen molar-refractivity contribution in [1.29, 1.82) is 0 Å². The minimum Gasteiger partial charge on any atom is -0.444 e. The summed E-state index contributed by atoms with van der Waals surface area (Å²) in [5, 5.41) is 2.91. The van der Waals surface area contributed by atoms with Crippen LogP contribution in [0.5, 0.6) is 0 Å². The van der Waals surface area contributed by atoms with Crippen molar-refractivity contribution in [1.82, 2.24) is 10.3 Å². The van der Waals surface area contributed by atoms with Crippen molar-refractivity contribution in [2.45, 2.75) is 12.8 Å². The zero-order valence-corrected chi connectivity index (χ0v) is 12.7. The molecule has 0 unspecified atom stereocenters. The molecule has 1 amide bonds. The molecule has 1 aromatic heterocycles. The summed E-state index contributed by atoms with van der Waals surface area (Å²) < 4.78 is 5.43. The molecule has 0 radical (unpaired) electrons. The minimum atomic E-state index is -0.0474. The molecule has 116 valence electrons. The number of aromatic nitrogens is 1. The van der Waals surface area contributed by atoms with Gasteiger partial charge >= 0.3 is 0 Å². The Morgan fingerprint density at radius 1 is 1.00 bits per heavy atom. The number of hydrogen-bond donors (Lipinski definition) is 1. The van der Waals surface area contributed by atoms with E-state index in [0.29, 0.717) is 18.1 Å². The van der Waals surface area contributed by atoms with Crippen LogP contribution in [0.4, 0.5) is 0 Å². The first-order valence-corrected chi connectivity index (χ1v) is 7.62. The van der Waals surface area contributed by atoms with Crippen LogP contribution in [0.2, 0.25) is 0 Å². The van der Waals surface area contributed by atoms with Crippen LogP contribution in [-0.4, -0.2) is 17.4 Å². The van der Waals surface area contributed by atoms with E-state index >= 15 is 0 Å². The van der Waals surface area contributed by atoms with E-state index < -0.39 is 0 Å². The third-order valence-corrected chi connectivity index (χ3v) is 3.49. The Morgan fingerprint density at radius 3 is 2.43 bits per heavy atom. The summed E-state index contributed by atoms with van der Waals surface area (Å²) in [6.07, 6.45) is 2.59. The molecular weight excluding hydrogens is 288 g/mol. The van der Waals surface area contributed by atoms with Gasteiger partial charge in [0.15, 0.2) is 0 Å². The maximum Gasteiger partial charge on any atom is 0.226 e. The second-order valence-corrected chi connectivity index (χ2v) is 5.27. The first-order chi connectivity index (χ1) is 11.3. The molecule has 0 atom stereocenters. The number of nitrogens with one attached hydrogen (secondary N) is 1. The van der Waals surface area contributed by atoms with Gasteiger partial charge in [-0.05, 0) is 24.1 Å². The van der Waals surface area contributed by atoms with Crippen molar-refractivity contribution >= 4 is 5.91 Å². The predicted molar refractivity (Wildman–Crippen MR) is 88.8 cm³/mol. The van der Waals surface area contributed by atoms with Gasteiger partial charge in [-0.15, -0.1) is 0 Å². The van der Waals surface area contributed by atoms with Crippen molar-refractivity contribution in [2.24, 2.45) is 0 Å². The van der Waals surface area contributed by atoms with Gasteiger partial charge in [0.2, 0.25) is 11.8 Å². The average Bonchev–Trinajstić information content (AvgIpc) is 3.05. The van der Waals surface area contributed by atoms with E-state index in [1.807, 2.05) is 48.5 Å². The molecule has 1 N–H and O–H groups in total. The largest absolute Gasteiger partial charge is 0.444 e. The standard InChI is InChI=1S/C19H18N2O2/c22-18(20-12-11-15-7-3-1-4-8-15)13-17-14-23-19(21-17)16-9-5-2-6-10-16/h1-10,14H,11-13H2,(H,20,22). The molecule has 23 heavy (non-hydrogen) atoms. The molecule has 3 rings (SSSR count). The highest BCUT2D eigenvalue weighted by atomic mass is 16.3. The smallest absolute Gasteiger partial charge is 0.226 e. The predicted octanol–water partition coefficient (Wildman–Crippen LogP) is 3.24. The van der Waals surface area contributed by atoms with E-state index in [-0.39, 0.29) is 12.3 Å². The number of rotatable bonds is 6. The van der Waals surface area contributed by atoms with Gasteiger partial charge in [-0.3, -0.25) is 4.79 Å². The van der Waals surface area contributed by atoms with Crippen LogP contribution in [0.3, 0.4) is 0 Å². The van der Waals surface area contributed by atoms with E-state index in [4.69, 9.17) is 4.42 Å². The molecule has 0 saturated carbocycles. The van der Waals surface area contributed by atoms with Crippen LogP contribution in [-0.2, 0) is 17.6 Å². The van der Waals surface area contributed by atoms with Crippen LogP contribution in [0, 0.1) is 0 Å². The van der Waals surface area contributed by atoms with Gasteiger partial charge in [0.05, 0.1) is 12.1 Å². The van der Waals surface area contributed by atoms with Crippen LogP contribution in [0.15, 0.2) is 71.3 Å².